The van der Waals surface area contributed by atoms with Crippen LogP contribution in [0.25, 0.3) is 5.69 Å². The third kappa shape index (κ3) is 3.77. The molecule has 6 nitrogen and oxygen atoms in total. The molecule has 1 amide bonds. The van der Waals surface area contributed by atoms with E-state index in [0.717, 1.165) is 12.1 Å². The van der Waals surface area contributed by atoms with E-state index in [1.807, 2.05) is 0 Å². The van der Waals surface area contributed by atoms with Crippen molar-refractivity contribution >= 4 is 28.9 Å². The molecule has 2 N–H and O–H groups in total. The van der Waals surface area contributed by atoms with Crippen LogP contribution in [0.2, 0.25) is 5.02 Å². The minimum Gasteiger partial charge on any atom is -0.374 e. The van der Waals surface area contributed by atoms with Gasteiger partial charge in [-0.3, -0.25) is 4.79 Å². The fourth-order valence-electron chi connectivity index (χ4n) is 2.17. The maximum Gasteiger partial charge on any atom is 0.243 e. The number of hydrogen-bond donors (Lipinski definition) is 2. The van der Waals surface area contributed by atoms with Crippen LogP contribution in [0.4, 0.5) is 24.5 Å². The van der Waals surface area contributed by atoms with E-state index in [0.29, 0.717) is 16.4 Å². The molecule has 10 heteroatoms. The van der Waals surface area contributed by atoms with Gasteiger partial charge in [0.05, 0.1) is 23.6 Å². The molecule has 134 valence electrons. The second kappa shape index (κ2) is 7.44. The van der Waals surface area contributed by atoms with Crippen LogP contribution in [-0.2, 0) is 4.79 Å². The van der Waals surface area contributed by atoms with Crippen LogP contribution in [0, 0.1) is 17.5 Å². The number of aromatic nitrogens is 3. The van der Waals surface area contributed by atoms with Crippen molar-refractivity contribution in [1.29, 1.82) is 0 Å². The van der Waals surface area contributed by atoms with Crippen LogP contribution >= 0.6 is 11.6 Å². The monoisotopic (exact) mass is 381 g/mol. The minimum absolute atomic E-state index is 0.332. The fraction of sp³-hybridized carbons (Fsp3) is 0.0625. The molecule has 3 rings (SSSR count). The summed E-state index contributed by atoms with van der Waals surface area (Å²) >= 11 is 5.95. The van der Waals surface area contributed by atoms with Gasteiger partial charge in [-0.15, -0.1) is 0 Å². The molecule has 0 unspecified atom stereocenters. The first kappa shape index (κ1) is 17.7. The molecule has 0 radical (unpaired) electrons. The van der Waals surface area contributed by atoms with Gasteiger partial charge in [0.25, 0.3) is 0 Å². The summed E-state index contributed by atoms with van der Waals surface area (Å²) in [6.45, 7) is -0.384. The largest absolute Gasteiger partial charge is 0.374 e. The van der Waals surface area contributed by atoms with Crippen molar-refractivity contribution in [1.82, 2.24) is 14.8 Å². The highest BCUT2D eigenvalue weighted by Crippen LogP contribution is 2.24. The van der Waals surface area contributed by atoms with E-state index >= 15 is 0 Å². The smallest absolute Gasteiger partial charge is 0.243 e. The number of nitrogens with one attached hydrogen (secondary N) is 2. The summed E-state index contributed by atoms with van der Waals surface area (Å²) in [6, 6.07) is 6.52. The van der Waals surface area contributed by atoms with Gasteiger partial charge >= 0.3 is 0 Å². The molecular weight excluding hydrogens is 371 g/mol. The van der Waals surface area contributed by atoms with Crippen molar-refractivity contribution in [2.75, 3.05) is 17.2 Å². The highest BCUT2D eigenvalue weighted by molar-refractivity contribution is 6.31. The molecule has 0 saturated carbocycles. The van der Waals surface area contributed by atoms with Crippen molar-refractivity contribution in [2.24, 2.45) is 0 Å². The second-order valence-electron chi connectivity index (χ2n) is 5.13. The van der Waals surface area contributed by atoms with Crippen LogP contribution in [0.5, 0.6) is 0 Å². The SMILES string of the molecule is O=C(CNc1ccc(F)c(F)c1F)Nc1cc(Cl)ccc1-n1cncn1. The van der Waals surface area contributed by atoms with E-state index in [2.05, 4.69) is 20.7 Å². The van der Waals surface area contributed by atoms with Crippen LogP contribution in [0.1, 0.15) is 0 Å². The van der Waals surface area contributed by atoms with Crippen molar-refractivity contribution in [3.63, 3.8) is 0 Å². The van der Waals surface area contributed by atoms with E-state index in [1.54, 1.807) is 12.1 Å². The molecule has 1 aromatic heterocycles. The van der Waals surface area contributed by atoms with Gasteiger partial charge in [-0.25, -0.2) is 22.8 Å². The number of anilines is 2. The van der Waals surface area contributed by atoms with Gasteiger partial charge in [-0.2, -0.15) is 5.10 Å². The summed E-state index contributed by atoms with van der Waals surface area (Å²) in [4.78, 5) is 16.0. The number of nitrogens with zero attached hydrogens (tertiary/aromatic N) is 3. The zero-order valence-corrected chi connectivity index (χ0v) is 13.8. The average molecular weight is 382 g/mol. The number of amides is 1. The molecule has 26 heavy (non-hydrogen) atoms. The van der Waals surface area contributed by atoms with Gasteiger partial charge < -0.3 is 10.6 Å². The number of rotatable bonds is 5. The average Bonchev–Trinajstić information content (AvgIpc) is 3.13. The highest BCUT2D eigenvalue weighted by Gasteiger charge is 2.15. The lowest BCUT2D eigenvalue weighted by atomic mass is 10.2. The predicted molar refractivity (Wildman–Crippen MR) is 89.8 cm³/mol. The molecule has 0 spiro atoms. The predicted octanol–water partition coefficient (Wildman–Crippen LogP) is 3.39. The summed E-state index contributed by atoms with van der Waals surface area (Å²) in [5, 5.41) is 9.35. The minimum atomic E-state index is -1.61. The lowest BCUT2D eigenvalue weighted by molar-refractivity contribution is -0.114. The fourth-order valence-corrected chi connectivity index (χ4v) is 2.35. The van der Waals surface area contributed by atoms with E-state index < -0.39 is 23.4 Å². The maximum absolute atomic E-state index is 13.6. The van der Waals surface area contributed by atoms with Gasteiger partial charge in [0.15, 0.2) is 17.5 Å². The third-order valence-electron chi connectivity index (χ3n) is 3.37. The Morgan fingerprint density at radius 1 is 1.12 bits per heavy atom. The van der Waals surface area contributed by atoms with Gasteiger partial charge in [0.1, 0.15) is 12.7 Å². The molecule has 0 atom stereocenters. The number of carbonyl (C=O) groups excluding carboxylic acids is 1. The first-order valence-corrected chi connectivity index (χ1v) is 7.65. The first-order chi connectivity index (χ1) is 12.5. The van der Waals surface area contributed by atoms with Crippen LogP contribution < -0.4 is 10.6 Å². The number of halogens is 4. The van der Waals surface area contributed by atoms with E-state index in [1.165, 1.54) is 23.4 Å². The molecule has 3 aromatic rings. The van der Waals surface area contributed by atoms with E-state index in [4.69, 9.17) is 11.6 Å². The lowest BCUT2D eigenvalue weighted by Crippen LogP contribution is -2.23. The molecule has 0 aliphatic heterocycles. The molecule has 0 fully saturated rings. The molecular formula is C16H11ClF3N5O. The normalized spacial score (nSPS) is 10.6. The quantitative estimate of drug-likeness (QED) is 0.665. The molecule has 0 aliphatic rings. The van der Waals surface area contributed by atoms with E-state index in [9.17, 15) is 18.0 Å². The maximum atomic E-state index is 13.6. The van der Waals surface area contributed by atoms with Crippen molar-refractivity contribution in [3.8, 4) is 5.69 Å². The van der Waals surface area contributed by atoms with E-state index in [-0.39, 0.29) is 12.2 Å². The summed E-state index contributed by atoms with van der Waals surface area (Å²) < 4.78 is 41.1. The Hall–Kier alpha value is -3.07. The summed E-state index contributed by atoms with van der Waals surface area (Å²) in [6.07, 6.45) is 2.77. The van der Waals surface area contributed by atoms with Gasteiger partial charge in [-0.05, 0) is 30.3 Å². The topological polar surface area (TPSA) is 71.8 Å². The Balaban J connectivity index is 1.73. The summed E-state index contributed by atoms with van der Waals surface area (Å²) in [5.74, 6) is -4.88. The molecule has 0 saturated heterocycles. The molecule has 1 heterocycles. The first-order valence-electron chi connectivity index (χ1n) is 7.27. The summed E-state index contributed by atoms with van der Waals surface area (Å²) in [5.41, 5.74) is 0.529. The number of carbonyl (C=O) groups is 1. The molecule has 0 bridgehead atoms. The van der Waals surface area contributed by atoms with Crippen molar-refractivity contribution < 1.29 is 18.0 Å². The number of hydrogen-bond acceptors (Lipinski definition) is 4. The Bertz CT molecular complexity index is 949. The van der Waals surface area contributed by atoms with Crippen LogP contribution in [0.15, 0.2) is 43.0 Å². The van der Waals surface area contributed by atoms with Crippen molar-refractivity contribution in [3.05, 3.63) is 65.5 Å². The van der Waals surface area contributed by atoms with Crippen LogP contribution in [-0.4, -0.2) is 27.2 Å². The van der Waals surface area contributed by atoms with Gasteiger partial charge in [0, 0.05) is 5.02 Å². The van der Waals surface area contributed by atoms with Gasteiger partial charge in [0.2, 0.25) is 5.91 Å². The van der Waals surface area contributed by atoms with Crippen LogP contribution in [0.3, 0.4) is 0 Å². The Morgan fingerprint density at radius 3 is 2.65 bits per heavy atom. The Morgan fingerprint density at radius 2 is 1.92 bits per heavy atom. The highest BCUT2D eigenvalue weighted by atomic mass is 35.5. The standard InChI is InChI=1S/C16H11ClF3N5O/c17-9-1-4-13(25-8-21-7-23-25)12(5-9)24-14(26)6-22-11-3-2-10(18)15(19)16(11)20/h1-5,7-8,22H,6H2,(H,24,26). The Kier molecular flexibility index (Phi) is 5.08. The van der Waals surface area contributed by atoms with Crippen molar-refractivity contribution in [2.45, 2.75) is 0 Å². The lowest BCUT2D eigenvalue weighted by Gasteiger charge is -2.12. The third-order valence-corrected chi connectivity index (χ3v) is 3.61. The molecule has 0 aliphatic carbocycles. The zero-order valence-electron chi connectivity index (χ0n) is 13.0. The number of benzene rings is 2. The zero-order chi connectivity index (χ0) is 18.7. The van der Waals surface area contributed by atoms with Gasteiger partial charge in [-0.1, -0.05) is 11.6 Å². The second-order valence-corrected chi connectivity index (χ2v) is 5.56. The molecule has 2 aromatic carbocycles. The Labute approximate surface area is 150 Å². The summed E-state index contributed by atoms with van der Waals surface area (Å²) in [7, 11) is 0.